The van der Waals surface area contributed by atoms with Crippen LogP contribution in [0.3, 0.4) is 0 Å². The summed E-state index contributed by atoms with van der Waals surface area (Å²) in [7, 11) is 0. The average molecular weight is 322 g/mol. The van der Waals surface area contributed by atoms with E-state index in [4.69, 9.17) is 4.74 Å². The Kier molecular flexibility index (Phi) is 4.57. The van der Waals surface area contributed by atoms with Crippen LogP contribution >= 0.6 is 11.3 Å². The molecule has 2 saturated heterocycles. The second-order valence-corrected chi connectivity index (χ2v) is 8.50. The monoisotopic (exact) mass is 322 g/mol. The van der Waals surface area contributed by atoms with Crippen LogP contribution in [0, 0.1) is 24.2 Å². The van der Waals surface area contributed by atoms with Crippen LogP contribution < -0.4 is 5.32 Å². The molecule has 2 aliphatic rings. The van der Waals surface area contributed by atoms with Gasteiger partial charge in [-0.2, -0.15) is 0 Å². The van der Waals surface area contributed by atoms with Crippen LogP contribution in [0.15, 0.2) is 12.1 Å². The first-order valence-corrected chi connectivity index (χ1v) is 8.93. The summed E-state index contributed by atoms with van der Waals surface area (Å²) in [5, 5.41) is 3.13. The van der Waals surface area contributed by atoms with Crippen LogP contribution in [0.5, 0.6) is 0 Å². The van der Waals surface area contributed by atoms with Gasteiger partial charge in [0.2, 0.25) is 5.91 Å². The van der Waals surface area contributed by atoms with Crippen LogP contribution in [-0.4, -0.2) is 43.7 Å². The third-order valence-electron chi connectivity index (χ3n) is 4.91. The molecule has 2 aliphatic heterocycles. The summed E-state index contributed by atoms with van der Waals surface area (Å²) in [5.74, 6) is 0.733. The van der Waals surface area contributed by atoms with Gasteiger partial charge >= 0.3 is 0 Å². The summed E-state index contributed by atoms with van der Waals surface area (Å²) in [4.78, 5) is 17.2. The van der Waals surface area contributed by atoms with Crippen molar-refractivity contribution in [2.45, 2.75) is 27.3 Å². The van der Waals surface area contributed by atoms with Gasteiger partial charge in [0.15, 0.2) is 0 Å². The summed E-state index contributed by atoms with van der Waals surface area (Å²) < 4.78 is 5.73. The average Bonchev–Trinajstić information content (AvgIpc) is 3.10. The molecule has 0 aliphatic carbocycles. The maximum absolute atomic E-state index is 11.9. The summed E-state index contributed by atoms with van der Waals surface area (Å²) in [5.41, 5.74) is 0.108. The number of aryl methyl sites for hydroxylation is 1. The van der Waals surface area contributed by atoms with Crippen molar-refractivity contribution in [1.82, 2.24) is 10.2 Å². The van der Waals surface area contributed by atoms with Crippen molar-refractivity contribution < 1.29 is 9.53 Å². The molecule has 1 amide bonds. The molecule has 0 aromatic carbocycles. The SMILES string of the molecule is Cc1ccc(CN2C[C@@H]3COC[C@]3(CNC(=O)C(C)C)C2)s1. The Labute approximate surface area is 136 Å². The number of likely N-dealkylation sites (tertiary alicyclic amines) is 1. The van der Waals surface area contributed by atoms with E-state index in [9.17, 15) is 4.79 Å². The number of ether oxygens (including phenoxy) is 1. The Balaban J connectivity index is 1.62. The highest BCUT2D eigenvalue weighted by atomic mass is 32.1. The van der Waals surface area contributed by atoms with Crippen LogP contribution in [-0.2, 0) is 16.1 Å². The topological polar surface area (TPSA) is 41.6 Å². The molecular weight excluding hydrogens is 296 g/mol. The first-order valence-electron chi connectivity index (χ1n) is 8.12. The van der Waals surface area contributed by atoms with Gasteiger partial charge in [0.05, 0.1) is 13.2 Å². The van der Waals surface area contributed by atoms with Gasteiger partial charge in [-0.1, -0.05) is 13.8 Å². The van der Waals surface area contributed by atoms with Gasteiger partial charge in [-0.25, -0.2) is 0 Å². The van der Waals surface area contributed by atoms with Crippen LogP contribution in [0.25, 0.3) is 0 Å². The molecule has 3 rings (SSSR count). The van der Waals surface area contributed by atoms with Gasteiger partial charge < -0.3 is 10.1 Å². The predicted molar refractivity (Wildman–Crippen MR) is 88.9 cm³/mol. The Morgan fingerprint density at radius 2 is 2.36 bits per heavy atom. The van der Waals surface area contributed by atoms with E-state index in [1.54, 1.807) is 0 Å². The van der Waals surface area contributed by atoms with Gasteiger partial charge in [0.25, 0.3) is 0 Å². The molecule has 3 heterocycles. The minimum absolute atomic E-state index is 0.0452. The quantitative estimate of drug-likeness (QED) is 0.904. The molecule has 4 nitrogen and oxygen atoms in total. The number of carbonyl (C=O) groups is 1. The zero-order valence-electron chi connectivity index (χ0n) is 13.7. The van der Waals surface area contributed by atoms with E-state index in [1.807, 2.05) is 25.2 Å². The zero-order chi connectivity index (χ0) is 15.7. The number of fused-ring (bicyclic) bond motifs is 1. The Morgan fingerprint density at radius 1 is 1.55 bits per heavy atom. The lowest BCUT2D eigenvalue weighted by molar-refractivity contribution is -0.124. The summed E-state index contributed by atoms with van der Waals surface area (Å²) in [6.07, 6.45) is 0. The second-order valence-electron chi connectivity index (χ2n) is 7.13. The number of thiophene rings is 1. The molecule has 0 saturated carbocycles. The lowest BCUT2D eigenvalue weighted by Crippen LogP contribution is -2.44. The maximum atomic E-state index is 11.9. The fourth-order valence-electron chi connectivity index (χ4n) is 3.57. The minimum Gasteiger partial charge on any atom is -0.380 e. The van der Waals surface area contributed by atoms with Crippen molar-refractivity contribution in [1.29, 1.82) is 0 Å². The van der Waals surface area contributed by atoms with Gasteiger partial charge in [-0.3, -0.25) is 9.69 Å². The first-order chi connectivity index (χ1) is 10.5. The first kappa shape index (κ1) is 16.0. The maximum Gasteiger partial charge on any atom is 0.222 e. The molecule has 122 valence electrons. The molecule has 2 fully saturated rings. The number of rotatable bonds is 5. The number of hydrogen-bond donors (Lipinski definition) is 1. The molecular formula is C17H26N2O2S. The predicted octanol–water partition coefficient (Wildman–Crippen LogP) is 2.28. The van der Waals surface area contributed by atoms with E-state index in [0.717, 1.165) is 39.4 Å². The van der Waals surface area contributed by atoms with Crippen LogP contribution in [0.2, 0.25) is 0 Å². The fourth-order valence-corrected chi connectivity index (χ4v) is 4.50. The molecule has 22 heavy (non-hydrogen) atoms. The second kappa shape index (κ2) is 6.30. The number of hydrogen-bond acceptors (Lipinski definition) is 4. The molecule has 0 bridgehead atoms. The summed E-state index contributed by atoms with van der Waals surface area (Å²) >= 11 is 1.88. The van der Waals surface area contributed by atoms with Crippen molar-refractivity contribution in [3.8, 4) is 0 Å². The third kappa shape index (κ3) is 3.21. The minimum atomic E-state index is 0.0452. The normalized spacial score (nSPS) is 28.3. The number of nitrogens with one attached hydrogen (secondary N) is 1. The number of amides is 1. The molecule has 1 aromatic rings. The molecule has 0 unspecified atom stereocenters. The van der Waals surface area contributed by atoms with E-state index in [-0.39, 0.29) is 17.2 Å². The molecule has 1 aromatic heterocycles. The van der Waals surface area contributed by atoms with Crippen molar-refractivity contribution in [2.75, 3.05) is 32.8 Å². The van der Waals surface area contributed by atoms with Gasteiger partial charge in [0, 0.05) is 53.2 Å². The number of carbonyl (C=O) groups excluding carboxylic acids is 1. The molecule has 1 N–H and O–H groups in total. The summed E-state index contributed by atoms with van der Waals surface area (Å²) in [6, 6.07) is 4.43. The van der Waals surface area contributed by atoms with Gasteiger partial charge in [-0.05, 0) is 19.1 Å². The molecule has 2 atom stereocenters. The Morgan fingerprint density at radius 3 is 3.05 bits per heavy atom. The highest BCUT2D eigenvalue weighted by Gasteiger charge is 2.50. The largest absolute Gasteiger partial charge is 0.380 e. The van der Waals surface area contributed by atoms with Crippen LogP contribution in [0.1, 0.15) is 23.6 Å². The lowest BCUT2D eigenvalue weighted by Gasteiger charge is -2.28. The molecule has 0 spiro atoms. The van der Waals surface area contributed by atoms with E-state index >= 15 is 0 Å². The lowest BCUT2D eigenvalue weighted by atomic mass is 9.81. The van der Waals surface area contributed by atoms with E-state index in [2.05, 4.69) is 29.3 Å². The Bertz CT molecular complexity index is 543. The van der Waals surface area contributed by atoms with Crippen molar-refractivity contribution in [3.63, 3.8) is 0 Å². The molecule has 5 heteroatoms. The van der Waals surface area contributed by atoms with Crippen molar-refractivity contribution in [3.05, 3.63) is 21.9 Å². The zero-order valence-corrected chi connectivity index (χ0v) is 14.5. The Hall–Kier alpha value is -0.910. The summed E-state index contributed by atoms with van der Waals surface area (Å²) in [6.45, 7) is 11.5. The van der Waals surface area contributed by atoms with Gasteiger partial charge in [0.1, 0.15) is 0 Å². The van der Waals surface area contributed by atoms with E-state index in [0.29, 0.717) is 5.92 Å². The highest BCUT2D eigenvalue weighted by molar-refractivity contribution is 7.11. The number of nitrogens with zero attached hydrogens (tertiary/aromatic N) is 1. The van der Waals surface area contributed by atoms with Crippen LogP contribution in [0.4, 0.5) is 0 Å². The fraction of sp³-hybridized carbons (Fsp3) is 0.706. The highest BCUT2D eigenvalue weighted by Crippen LogP contribution is 2.41. The van der Waals surface area contributed by atoms with Gasteiger partial charge in [-0.15, -0.1) is 11.3 Å². The van der Waals surface area contributed by atoms with Crippen molar-refractivity contribution >= 4 is 17.2 Å². The third-order valence-corrected chi connectivity index (χ3v) is 5.89. The standard InChI is InChI=1S/C17H26N2O2S/c1-12(2)16(20)18-9-17-10-19(6-14(17)8-21-11-17)7-15-5-4-13(3)22-15/h4-5,12,14H,6-11H2,1-3H3,(H,18,20)/t14-,17+/m1/s1. The van der Waals surface area contributed by atoms with E-state index < -0.39 is 0 Å². The van der Waals surface area contributed by atoms with Crippen molar-refractivity contribution in [2.24, 2.45) is 17.3 Å². The molecule has 0 radical (unpaired) electrons. The van der Waals surface area contributed by atoms with E-state index in [1.165, 1.54) is 9.75 Å². The smallest absolute Gasteiger partial charge is 0.222 e.